The molecule has 10 aromatic rings. The van der Waals surface area contributed by atoms with Gasteiger partial charge in [-0.15, -0.1) is 0 Å². The second-order valence-electron chi connectivity index (χ2n) is 19.5. The third-order valence-electron chi connectivity index (χ3n) is 15.3. The fraction of sp³-hybridized carbons (Fsp3) is 0.104. The molecule has 0 spiro atoms. The van der Waals surface area contributed by atoms with E-state index < -0.39 is 0 Å². The summed E-state index contributed by atoms with van der Waals surface area (Å²) in [7, 11) is 0. The highest BCUT2D eigenvalue weighted by molar-refractivity contribution is 6.09. The summed E-state index contributed by atoms with van der Waals surface area (Å²) in [5.41, 5.74) is 18.8. The lowest BCUT2D eigenvalue weighted by molar-refractivity contribution is 0.548. The van der Waals surface area contributed by atoms with Crippen molar-refractivity contribution >= 4 is 73.2 Å². The average Bonchev–Trinajstić information content (AvgIpc) is 4.07. The van der Waals surface area contributed by atoms with E-state index >= 15 is 0 Å². The van der Waals surface area contributed by atoms with Crippen molar-refractivity contribution in [1.82, 2.24) is 4.57 Å². The first-order valence-electron chi connectivity index (χ1n) is 24.9. The summed E-state index contributed by atoms with van der Waals surface area (Å²) in [5.74, 6) is 1.59. The van der Waals surface area contributed by atoms with Gasteiger partial charge in [-0.2, -0.15) is 0 Å². The highest BCUT2D eigenvalue weighted by Gasteiger charge is 2.36. The third-order valence-corrected chi connectivity index (χ3v) is 15.3. The Bertz CT molecular complexity index is 3950. The lowest BCUT2D eigenvalue weighted by Crippen LogP contribution is -2.33. The van der Waals surface area contributed by atoms with Gasteiger partial charge in [-0.1, -0.05) is 188 Å². The van der Waals surface area contributed by atoms with Crippen molar-refractivity contribution in [2.45, 2.75) is 25.8 Å². The molecule has 3 atom stereocenters. The Morgan fingerprint density at radius 2 is 1.23 bits per heavy atom. The third kappa shape index (κ3) is 6.95. The Morgan fingerprint density at radius 1 is 0.529 bits per heavy atom. The Hall–Kier alpha value is -8.40. The summed E-state index contributed by atoms with van der Waals surface area (Å²) >= 11 is 0. The van der Waals surface area contributed by atoms with Crippen LogP contribution < -0.4 is 15.5 Å². The van der Waals surface area contributed by atoms with E-state index in [-0.39, 0.29) is 5.92 Å². The van der Waals surface area contributed by atoms with Gasteiger partial charge >= 0.3 is 0 Å². The van der Waals surface area contributed by atoms with Crippen LogP contribution in [0.2, 0.25) is 0 Å². The van der Waals surface area contributed by atoms with Crippen LogP contribution >= 0.6 is 0 Å². The van der Waals surface area contributed by atoms with Crippen LogP contribution in [0.1, 0.15) is 35.1 Å². The van der Waals surface area contributed by atoms with E-state index in [1.54, 1.807) is 0 Å². The summed E-state index contributed by atoms with van der Waals surface area (Å²) in [4.78, 5) is 2.48. The first-order valence-corrected chi connectivity index (χ1v) is 24.9. The molecule has 1 saturated carbocycles. The summed E-state index contributed by atoms with van der Waals surface area (Å²) in [6.07, 6.45) is 22.1. The number of aromatic nitrogens is 1. The Morgan fingerprint density at radius 3 is 2.10 bits per heavy atom. The topological polar surface area (TPSA) is 21.3 Å². The van der Waals surface area contributed by atoms with Gasteiger partial charge in [-0.3, -0.25) is 0 Å². The van der Waals surface area contributed by atoms with E-state index in [4.69, 9.17) is 4.42 Å². The lowest BCUT2D eigenvalue weighted by Gasteiger charge is -2.32. The first kappa shape index (κ1) is 40.6. The second kappa shape index (κ2) is 16.7. The van der Waals surface area contributed by atoms with Crippen LogP contribution in [0.15, 0.2) is 229 Å². The Balaban J connectivity index is 0.932. The normalized spacial score (nSPS) is 17.7. The number of benzene rings is 8. The van der Waals surface area contributed by atoms with Crippen LogP contribution in [0, 0.1) is 17.8 Å². The van der Waals surface area contributed by atoms with Gasteiger partial charge in [0.15, 0.2) is 0 Å². The largest absolute Gasteiger partial charge is 0.455 e. The molecule has 70 heavy (non-hydrogen) atoms. The fourth-order valence-electron chi connectivity index (χ4n) is 11.7. The van der Waals surface area contributed by atoms with Gasteiger partial charge in [0.1, 0.15) is 11.2 Å². The quantitative estimate of drug-likeness (QED) is 0.144. The molecule has 334 valence electrons. The second-order valence-corrected chi connectivity index (χ2v) is 19.5. The van der Waals surface area contributed by atoms with Crippen molar-refractivity contribution in [3.8, 4) is 22.3 Å². The number of nitrogens with zero attached hydrogens (tertiary/aromatic N) is 2. The fourth-order valence-corrected chi connectivity index (χ4v) is 11.7. The highest BCUT2D eigenvalue weighted by Crippen LogP contribution is 2.47. The molecule has 0 aliphatic heterocycles. The molecule has 0 N–H and O–H groups in total. The summed E-state index contributed by atoms with van der Waals surface area (Å²) in [6.45, 7) is 0.893. The van der Waals surface area contributed by atoms with Crippen molar-refractivity contribution in [1.29, 1.82) is 0 Å². The Kier molecular flexibility index (Phi) is 9.69. The van der Waals surface area contributed by atoms with E-state index in [0.29, 0.717) is 11.8 Å². The van der Waals surface area contributed by atoms with Crippen molar-refractivity contribution in [2.24, 2.45) is 17.8 Å². The molecule has 4 aliphatic carbocycles. The molecule has 8 aromatic carbocycles. The predicted molar refractivity (Wildman–Crippen MR) is 293 cm³/mol. The number of para-hydroxylation sites is 3. The van der Waals surface area contributed by atoms with Crippen molar-refractivity contribution in [2.75, 3.05) is 4.90 Å². The van der Waals surface area contributed by atoms with Crippen LogP contribution in [0.25, 0.3) is 78.4 Å². The molecule has 0 radical (unpaired) electrons. The molecule has 3 nitrogen and oxygen atoms in total. The minimum atomic E-state index is 0.242. The minimum Gasteiger partial charge on any atom is -0.455 e. The number of hydrogen-bond donors (Lipinski definition) is 0. The van der Waals surface area contributed by atoms with Gasteiger partial charge in [0.05, 0.1) is 5.69 Å². The number of anilines is 3. The van der Waals surface area contributed by atoms with E-state index in [1.165, 1.54) is 72.4 Å². The van der Waals surface area contributed by atoms with E-state index in [0.717, 1.165) is 69.5 Å². The average molecular weight is 899 g/mol. The maximum Gasteiger partial charge on any atom is 0.143 e. The SMILES string of the molecule is C1=CCc2ccccc2C(c2ccc(N(c3ccc(-c4cccc5c4oc4ccccc45)cc3)c3ccc(-c4ccccc4)cc3C3=CC=CCC3Cn3c4c(c5ccccc53)=CC3CC3C=4)cc2)=C1. The minimum absolute atomic E-state index is 0.242. The summed E-state index contributed by atoms with van der Waals surface area (Å²) in [5, 5.41) is 6.46. The van der Waals surface area contributed by atoms with Crippen molar-refractivity contribution in [3.63, 3.8) is 0 Å². The van der Waals surface area contributed by atoms with Gasteiger partial charge in [-0.25, -0.2) is 0 Å². The van der Waals surface area contributed by atoms with E-state index in [9.17, 15) is 0 Å². The first-order chi connectivity index (χ1) is 34.7. The highest BCUT2D eigenvalue weighted by atomic mass is 16.3. The Labute approximate surface area is 408 Å². The molecule has 4 aliphatic rings. The number of furan rings is 1. The molecule has 0 bridgehead atoms. The van der Waals surface area contributed by atoms with Gasteiger partial charge in [0, 0.05) is 67.2 Å². The van der Waals surface area contributed by atoms with Crippen molar-refractivity contribution in [3.05, 3.63) is 257 Å². The molecule has 2 heterocycles. The number of hydrogen-bond acceptors (Lipinski definition) is 2. The molecule has 0 saturated heterocycles. The summed E-state index contributed by atoms with van der Waals surface area (Å²) < 4.78 is 9.19. The van der Waals surface area contributed by atoms with Crippen LogP contribution in [-0.4, -0.2) is 4.57 Å². The lowest BCUT2D eigenvalue weighted by atomic mass is 9.84. The van der Waals surface area contributed by atoms with Crippen LogP contribution in [0.5, 0.6) is 0 Å². The molecular formula is C67H50N2O. The van der Waals surface area contributed by atoms with Crippen LogP contribution in [-0.2, 0) is 13.0 Å². The zero-order chi connectivity index (χ0) is 46.1. The monoisotopic (exact) mass is 898 g/mol. The van der Waals surface area contributed by atoms with Gasteiger partial charge in [-0.05, 0) is 124 Å². The smallest absolute Gasteiger partial charge is 0.143 e. The maximum absolute atomic E-state index is 6.55. The number of rotatable bonds is 9. The number of allylic oxidation sites excluding steroid dienone is 7. The molecule has 0 amide bonds. The van der Waals surface area contributed by atoms with Crippen LogP contribution in [0.4, 0.5) is 17.1 Å². The van der Waals surface area contributed by atoms with Crippen molar-refractivity contribution < 1.29 is 4.42 Å². The molecular weight excluding hydrogens is 849 g/mol. The predicted octanol–water partition coefficient (Wildman–Crippen LogP) is 15.8. The number of fused-ring (bicyclic) bond motifs is 8. The zero-order valence-electron chi connectivity index (χ0n) is 38.9. The molecule has 3 heteroatoms. The van der Waals surface area contributed by atoms with Gasteiger partial charge < -0.3 is 13.9 Å². The van der Waals surface area contributed by atoms with Gasteiger partial charge in [0.2, 0.25) is 0 Å². The maximum atomic E-state index is 6.55. The van der Waals surface area contributed by atoms with Gasteiger partial charge in [0.25, 0.3) is 0 Å². The molecule has 3 unspecified atom stereocenters. The molecule has 1 fully saturated rings. The molecule has 14 rings (SSSR count). The van der Waals surface area contributed by atoms with E-state index in [2.05, 4.69) is 240 Å². The summed E-state index contributed by atoms with van der Waals surface area (Å²) in [6, 6.07) is 69.0. The van der Waals surface area contributed by atoms with E-state index in [1.807, 2.05) is 6.07 Å². The standard InChI is InChI=1S/C67H50N2O/c1-2-15-44(16-3-1)48-33-38-64(61(40-48)56-22-9-6-19-49(56)43-68-63-27-12-10-23-58(63)62-41-50-39-51(50)42-65(62)68)69(52-34-29-46(30-35-52)55-21-8-5-18-45-17-4-7-20-54(45)55)53-36-31-47(32-37-53)57-25-14-26-60-59-24-11-13-28-66(59)70-67(57)60/h1-17,20-38,40-42,49-51H,18-19,39,43H2. The molecule has 2 aromatic heterocycles. The zero-order valence-corrected chi connectivity index (χ0v) is 38.9. The van der Waals surface area contributed by atoms with Crippen LogP contribution in [0.3, 0.4) is 0 Å².